The molecule has 186 valence electrons. The van der Waals surface area contributed by atoms with Crippen molar-refractivity contribution in [1.29, 1.82) is 0 Å². The number of benzene rings is 3. The molecule has 1 saturated heterocycles. The number of aryl methyl sites for hydroxylation is 1. The molecule has 1 unspecified atom stereocenters. The molecule has 0 aromatic heterocycles. The zero-order valence-electron chi connectivity index (χ0n) is 20.8. The summed E-state index contributed by atoms with van der Waals surface area (Å²) in [5.41, 5.74) is 3.81. The van der Waals surface area contributed by atoms with E-state index in [1.807, 2.05) is 49.4 Å². The van der Waals surface area contributed by atoms with Gasteiger partial charge in [-0.1, -0.05) is 24.3 Å². The first-order valence-corrected chi connectivity index (χ1v) is 12.7. The fourth-order valence-electron chi connectivity index (χ4n) is 4.62. The number of carbonyl (C=O) groups is 2. The Hall–Kier alpha value is -3.58. The lowest BCUT2D eigenvalue weighted by Gasteiger charge is -2.27. The van der Waals surface area contributed by atoms with E-state index in [1.54, 1.807) is 31.4 Å². The molecule has 1 atom stereocenters. The lowest BCUT2D eigenvalue weighted by Crippen LogP contribution is -2.29. The second-order valence-electron chi connectivity index (χ2n) is 8.62. The largest absolute Gasteiger partial charge is 0.507 e. The number of halogens is 1. The fraction of sp³-hybridized carbons (Fsp3) is 0.241. The summed E-state index contributed by atoms with van der Waals surface area (Å²) >= 11 is 3.44. The smallest absolute Gasteiger partial charge is 0.300 e. The van der Waals surface area contributed by atoms with Gasteiger partial charge in [0.25, 0.3) is 11.7 Å². The first kappa shape index (κ1) is 25.5. The number of aliphatic hydroxyl groups is 1. The number of amides is 1. The number of nitrogens with zero attached hydrogens (tertiary/aromatic N) is 2. The van der Waals surface area contributed by atoms with E-state index < -0.39 is 17.7 Å². The third-order valence-electron chi connectivity index (χ3n) is 6.49. The topological polar surface area (TPSA) is 70.1 Å². The Kier molecular flexibility index (Phi) is 7.50. The van der Waals surface area contributed by atoms with E-state index in [4.69, 9.17) is 4.74 Å². The highest BCUT2D eigenvalue weighted by molar-refractivity contribution is 9.10. The lowest BCUT2D eigenvalue weighted by molar-refractivity contribution is -0.132. The number of hydrogen-bond donors (Lipinski definition) is 1. The van der Waals surface area contributed by atoms with Crippen LogP contribution in [0.1, 0.15) is 36.6 Å². The standard InChI is InChI=1S/C29H29BrN2O4/c1-5-31(6-2)21-13-10-19(11-14-21)26-25(27(33)20-12-15-24(36-4)23(30)17-20)28(34)29(35)32(26)22-9-7-8-18(3)16-22/h7-17,26,33H,5-6H2,1-4H3/b27-25-. The van der Waals surface area contributed by atoms with Crippen LogP contribution in [-0.2, 0) is 9.59 Å². The van der Waals surface area contributed by atoms with Gasteiger partial charge in [0.05, 0.1) is 23.2 Å². The number of aliphatic hydroxyl groups excluding tert-OH is 1. The summed E-state index contributed by atoms with van der Waals surface area (Å²) in [5.74, 6) is -1.04. The van der Waals surface area contributed by atoms with E-state index in [0.717, 1.165) is 29.9 Å². The molecular formula is C29H29BrN2O4. The number of rotatable bonds is 7. The van der Waals surface area contributed by atoms with Crippen molar-refractivity contribution in [3.63, 3.8) is 0 Å². The molecule has 1 aliphatic rings. The highest BCUT2D eigenvalue weighted by Crippen LogP contribution is 2.43. The minimum Gasteiger partial charge on any atom is -0.507 e. The number of ether oxygens (including phenoxy) is 1. The van der Waals surface area contributed by atoms with Gasteiger partial charge in [-0.25, -0.2) is 0 Å². The van der Waals surface area contributed by atoms with Crippen LogP contribution in [0.5, 0.6) is 5.75 Å². The zero-order valence-corrected chi connectivity index (χ0v) is 22.4. The summed E-state index contributed by atoms with van der Waals surface area (Å²) in [6.45, 7) is 7.85. The molecule has 1 fully saturated rings. The monoisotopic (exact) mass is 548 g/mol. The van der Waals surface area contributed by atoms with Crippen LogP contribution < -0.4 is 14.5 Å². The molecule has 3 aromatic carbocycles. The maximum Gasteiger partial charge on any atom is 0.300 e. The van der Waals surface area contributed by atoms with Crippen LogP contribution in [-0.4, -0.2) is 37.0 Å². The van der Waals surface area contributed by atoms with Crippen molar-refractivity contribution in [2.45, 2.75) is 26.8 Å². The summed E-state index contributed by atoms with van der Waals surface area (Å²) in [4.78, 5) is 30.5. The highest BCUT2D eigenvalue weighted by Gasteiger charge is 2.47. The van der Waals surface area contributed by atoms with Crippen molar-refractivity contribution in [1.82, 2.24) is 0 Å². The average molecular weight is 549 g/mol. The minimum absolute atomic E-state index is 0.0502. The van der Waals surface area contributed by atoms with Gasteiger partial charge in [0, 0.05) is 30.0 Å². The Morgan fingerprint density at radius 2 is 1.72 bits per heavy atom. The van der Waals surface area contributed by atoms with Crippen molar-refractivity contribution in [2.75, 3.05) is 30.0 Å². The molecular weight excluding hydrogens is 520 g/mol. The van der Waals surface area contributed by atoms with Gasteiger partial charge in [0.15, 0.2) is 0 Å². The normalized spacial score (nSPS) is 16.9. The van der Waals surface area contributed by atoms with Gasteiger partial charge < -0.3 is 14.7 Å². The molecule has 0 spiro atoms. The molecule has 6 nitrogen and oxygen atoms in total. The van der Waals surface area contributed by atoms with Crippen LogP contribution in [0.2, 0.25) is 0 Å². The lowest BCUT2D eigenvalue weighted by atomic mass is 9.94. The molecule has 1 amide bonds. The molecule has 7 heteroatoms. The van der Waals surface area contributed by atoms with Crippen LogP contribution in [0.3, 0.4) is 0 Å². The molecule has 0 bridgehead atoms. The number of anilines is 2. The minimum atomic E-state index is -0.779. The summed E-state index contributed by atoms with van der Waals surface area (Å²) in [5, 5.41) is 11.4. The Morgan fingerprint density at radius 1 is 1.03 bits per heavy atom. The van der Waals surface area contributed by atoms with Crippen molar-refractivity contribution in [3.05, 3.63) is 93.5 Å². The number of methoxy groups -OCH3 is 1. The Labute approximate surface area is 219 Å². The maximum atomic E-state index is 13.4. The molecule has 3 aromatic rings. The predicted octanol–water partition coefficient (Wildman–Crippen LogP) is 6.24. The number of hydrogen-bond acceptors (Lipinski definition) is 5. The van der Waals surface area contributed by atoms with Crippen molar-refractivity contribution < 1.29 is 19.4 Å². The third kappa shape index (κ3) is 4.63. The van der Waals surface area contributed by atoms with Gasteiger partial charge in [-0.2, -0.15) is 0 Å². The van der Waals surface area contributed by atoms with Gasteiger partial charge in [-0.05, 0) is 90.3 Å². The fourth-order valence-corrected chi connectivity index (χ4v) is 5.16. The Morgan fingerprint density at radius 3 is 2.31 bits per heavy atom. The van der Waals surface area contributed by atoms with E-state index in [1.165, 1.54) is 4.90 Å². The number of Topliss-reactive ketones (excluding diaryl/α,β-unsaturated/α-hetero) is 1. The molecule has 4 rings (SSSR count). The molecule has 1 aliphatic heterocycles. The van der Waals surface area contributed by atoms with Crippen LogP contribution in [0, 0.1) is 6.92 Å². The van der Waals surface area contributed by atoms with Crippen molar-refractivity contribution >= 4 is 44.8 Å². The quantitative estimate of drug-likeness (QED) is 0.215. The van der Waals surface area contributed by atoms with Crippen LogP contribution in [0.4, 0.5) is 11.4 Å². The summed E-state index contributed by atoms with van der Waals surface area (Å²) < 4.78 is 5.92. The van der Waals surface area contributed by atoms with E-state index in [0.29, 0.717) is 21.5 Å². The van der Waals surface area contributed by atoms with Crippen LogP contribution >= 0.6 is 15.9 Å². The Balaban J connectivity index is 1.90. The van der Waals surface area contributed by atoms with Crippen molar-refractivity contribution in [2.24, 2.45) is 0 Å². The molecule has 36 heavy (non-hydrogen) atoms. The second kappa shape index (κ2) is 10.6. The van der Waals surface area contributed by atoms with Gasteiger partial charge in [-0.3, -0.25) is 14.5 Å². The average Bonchev–Trinajstić information content (AvgIpc) is 3.15. The first-order valence-electron chi connectivity index (χ1n) is 11.9. The van der Waals surface area contributed by atoms with Crippen LogP contribution in [0.25, 0.3) is 5.76 Å². The van der Waals surface area contributed by atoms with E-state index in [-0.39, 0.29) is 11.3 Å². The molecule has 0 saturated carbocycles. The third-order valence-corrected chi connectivity index (χ3v) is 7.11. The SMILES string of the molecule is CCN(CC)c1ccc(C2/C(=C(/O)c3ccc(OC)c(Br)c3)C(=O)C(=O)N2c2cccc(C)c2)cc1. The van der Waals surface area contributed by atoms with E-state index >= 15 is 0 Å². The summed E-state index contributed by atoms with van der Waals surface area (Å²) in [7, 11) is 1.55. The predicted molar refractivity (Wildman–Crippen MR) is 147 cm³/mol. The molecule has 0 radical (unpaired) electrons. The maximum absolute atomic E-state index is 13.4. The highest BCUT2D eigenvalue weighted by atomic mass is 79.9. The molecule has 1 heterocycles. The Bertz CT molecular complexity index is 1330. The van der Waals surface area contributed by atoms with Gasteiger partial charge in [0.1, 0.15) is 11.5 Å². The van der Waals surface area contributed by atoms with Gasteiger partial charge >= 0.3 is 0 Å². The molecule has 1 N–H and O–H groups in total. The molecule has 0 aliphatic carbocycles. The van der Waals surface area contributed by atoms with Gasteiger partial charge in [-0.15, -0.1) is 0 Å². The van der Waals surface area contributed by atoms with Crippen LogP contribution in [0.15, 0.2) is 76.8 Å². The second-order valence-corrected chi connectivity index (χ2v) is 9.48. The number of ketones is 1. The van der Waals surface area contributed by atoms with E-state index in [9.17, 15) is 14.7 Å². The first-order chi connectivity index (χ1) is 17.3. The summed E-state index contributed by atoms with van der Waals surface area (Å²) in [6.07, 6.45) is 0. The zero-order chi connectivity index (χ0) is 26.0. The van der Waals surface area contributed by atoms with E-state index in [2.05, 4.69) is 34.7 Å². The number of carbonyl (C=O) groups excluding carboxylic acids is 2. The van der Waals surface area contributed by atoms with Crippen molar-refractivity contribution in [3.8, 4) is 5.75 Å². The summed E-state index contributed by atoms with van der Waals surface area (Å²) in [6, 6.07) is 19.5. The van der Waals surface area contributed by atoms with Gasteiger partial charge in [0.2, 0.25) is 0 Å².